The SMILES string of the molecule is O=C(NN=Cc1ccccc1OCc1ccc(Br)cc1)c1ccco1. The van der Waals surface area contributed by atoms with Crippen molar-refractivity contribution in [1.82, 2.24) is 5.43 Å². The first-order valence-electron chi connectivity index (χ1n) is 7.55. The summed E-state index contributed by atoms with van der Waals surface area (Å²) < 4.78 is 11.9. The molecule has 1 amide bonds. The molecular weight excluding hydrogens is 384 g/mol. The molecule has 6 heteroatoms. The monoisotopic (exact) mass is 398 g/mol. The Bertz CT molecular complexity index is 859. The van der Waals surface area contributed by atoms with Crippen molar-refractivity contribution >= 4 is 28.1 Å². The topological polar surface area (TPSA) is 63.8 Å². The zero-order valence-corrected chi connectivity index (χ0v) is 14.8. The van der Waals surface area contributed by atoms with Gasteiger partial charge in [0.2, 0.25) is 0 Å². The number of hydrogen-bond acceptors (Lipinski definition) is 4. The van der Waals surface area contributed by atoms with Gasteiger partial charge in [-0.05, 0) is 42.0 Å². The summed E-state index contributed by atoms with van der Waals surface area (Å²) in [5.41, 5.74) is 4.24. The molecule has 0 saturated carbocycles. The second-order valence-electron chi connectivity index (χ2n) is 5.13. The van der Waals surface area contributed by atoms with Crippen LogP contribution >= 0.6 is 15.9 Å². The molecule has 0 fully saturated rings. The molecule has 0 aliphatic rings. The lowest BCUT2D eigenvalue weighted by atomic mass is 10.2. The molecule has 0 spiro atoms. The summed E-state index contributed by atoms with van der Waals surface area (Å²) in [6.45, 7) is 0.441. The number of ether oxygens (including phenoxy) is 1. The van der Waals surface area contributed by atoms with Crippen LogP contribution in [0.1, 0.15) is 21.7 Å². The van der Waals surface area contributed by atoms with Crippen LogP contribution in [0.4, 0.5) is 0 Å². The minimum atomic E-state index is -0.408. The highest BCUT2D eigenvalue weighted by molar-refractivity contribution is 9.10. The van der Waals surface area contributed by atoms with Crippen LogP contribution in [0.5, 0.6) is 5.75 Å². The van der Waals surface area contributed by atoms with Crippen molar-refractivity contribution in [3.63, 3.8) is 0 Å². The largest absolute Gasteiger partial charge is 0.488 e. The Kier molecular flexibility index (Phi) is 5.64. The predicted molar refractivity (Wildman–Crippen MR) is 98.7 cm³/mol. The summed E-state index contributed by atoms with van der Waals surface area (Å²) in [5, 5.41) is 3.95. The fourth-order valence-electron chi connectivity index (χ4n) is 2.08. The van der Waals surface area contributed by atoms with Crippen LogP contribution in [0, 0.1) is 0 Å². The van der Waals surface area contributed by atoms with Gasteiger partial charge in [-0.1, -0.05) is 40.2 Å². The van der Waals surface area contributed by atoms with Crippen molar-refractivity contribution < 1.29 is 13.9 Å². The van der Waals surface area contributed by atoms with Crippen molar-refractivity contribution in [2.75, 3.05) is 0 Å². The minimum Gasteiger partial charge on any atom is -0.488 e. The maximum atomic E-state index is 11.8. The van der Waals surface area contributed by atoms with Gasteiger partial charge in [0.25, 0.3) is 0 Å². The van der Waals surface area contributed by atoms with E-state index < -0.39 is 5.91 Å². The Morgan fingerprint density at radius 1 is 1.12 bits per heavy atom. The molecule has 3 aromatic rings. The van der Waals surface area contributed by atoms with Gasteiger partial charge in [0.15, 0.2) is 5.76 Å². The summed E-state index contributed by atoms with van der Waals surface area (Å²) in [6, 6.07) is 18.6. The van der Waals surface area contributed by atoms with E-state index in [9.17, 15) is 4.79 Å². The predicted octanol–water partition coefficient (Wildman–Crippen LogP) is 4.39. The Labute approximate surface area is 153 Å². The number of carbonyl (C=O) groups excluding carboxylic acids is 1. The lowest BCUT2D eigenvalue weighted by Crippen LogP contribution is -2.16. The van der Waals surface area contributed by atoms with Crippen molar-refractivity contribution in [1.29, 1.82) is 0 Å². The van der Waals surface area contributed by atoms with E-state index in [1.165, 1.54) is 12.5 Å². The summed E-state index contributed by atoms with van der Waals surface area (Å²) in [7, 11) is 0. The van der Waals surface area contributed by atoms with Gasteiger partial charge >= 0.3 is 5.91 Å². The molecule has 0 saturated heterocycles. The van der Waals surface area contributed by atoms with Gasteiger partial charge in [-0.15, -0.1) is 0 Å². The second-order valence-corrected chi connectivity index (χ2v) is 6.05. The molecule has 1 N–H and O–H groups in total. The first-order chi connectivity index (χ1) is 12.2. The molecule has 126 valence electrons. The van der Waals surface area contributed by atoms with Crippen molar-refractivity contribution in [3.05, 3.63) is 88.3 Å². The van der Waals surface area contributed by atoms with Gasteiger partial charge in [0.1, 0.15) is 12.4 Å². The smallest absolute Gasteiger partial charge is 0.307 e. The molecule has 0 unspecified atom stereocenters. The lowest BCUT2D eigenvalue weighted by Gasteiger charge is -2.09. The maximum Gasteiger partial charge on any atom is 0.307 e. The number of para-hydroxylation sites is 1. The van der Waals surface area contributed by atoms with E-state index in [4.69, 9.17) is 9.15 Å². The van der Waals surface area contributed by atoms with Gasteiger partial charge < -0.3 is 9.15 Å². The van der Waals surface area contributed by atoms with Crippen LogP contribution in [0.3, 0.4) is 0 Å². The summed E-state index contributed by atoms with van der Waals surface area (Å²) in [5.74, 6) is 0.479. The van der Waals surface area contributed by atoms with Crippen LogP contribution in [0.15, 0.2) is 80.9 Å². The molecule has 2 aromatic carbocycles. The normalized spacial score (nSPS) is 10.8. The molecule has 5 nitrogen and oxygen atoms in total. The number of carbonyl (C=O) groups is 1. The average molecular weight is 399 g/mol. The number of nitrogens with one attached hydrogen (secondary N) is 1. The average Bonchev–Trinajstić information content (AvgIpc) is 3.17. The zero-order chi connectivity index (χ0) is 17.5. The number of halogens is 1. The first-order valence-corrected chi connectivity index (χ1v) is 8.35. The van der Waals surface area contributed by atoms with Crippen LogP contribution in [-0.2, 0) is 6.61 Å². The third kappa shape index (κ3) is 4.81. The molecule has 0 bridgehead atoms. The van der Waals surface area contributed by atoms with Gasteiger partial charge in [0.05, 0.1) is 12.5 Å². The number of hydrazone groups is 1. The Hall–Kier alpha value is -2.86. The molecule has 0 aliphatic heterocycles. The summed E-state index contributed by atoms with van der Waals surface area (Å²) in [6.07, 6.45) is 2.97. The highest BCUT2D eigenvalue weighted by Crippen LogP contribution is 2.18. The number of hydrogen-bond donors (Lipinski definition) is 1. The van der Waals surface area contributed by atoms with Crippen LogP contribution < -0.4 is 10.2 Å². The molecule has 0 atom stereocenters. The quantitative estimate of drug-likeness (QED) is 0.494. The van der Waals surface area contributed by atoms with Gasteiger partial charge in [0, 0.05) is 10.0 Å². The third-order valence-electron chi connectivity index (χ3n) is 3.34. The number of rotatable bonds is 6. The third-order valence-corrected chi connectivity index (χ3v) is 3.87. The summed E-state index contributed by atoms with van der Waals surface area (Å²) in [4.78, 5) is 11.8. The number of benzene rings is 2. The van der Waals surface area contributed by atoms with Crippen molar-refractivity contribution in [3.8, 4) is 5.75 Å². The van der Waals surface area contributed by atoms with Crippen molar-refractivity contribution in [2.24, 2.45) is 5.10 Å². The molecule has 1 heterocycles. The van der Waals surface area contributed by atoms with Crippen LogP contribution in [-0.4, -0.2) is 12.1 Å². The lowest BCUT2D eigenvalue weighted by molar-refractivity contribution is 0.0927. The maximum absolute atomic E-state index is 11.8. The molecule has 25 heavy (non-hydrogen) atoms. The van der Waals surface area contributed by atoms with E-state index in [-0.39, 0.29) is 5.76 Å². The number of amides is 1. The molecular formula is C19H15BrN2O3. The van der Waals surface area contributed by atoms with E-state index in [1.54, 1.807) is 12.1 Å². The Balaban J connectivity index is 1.63. The van der Waals surface area contributed by atoms with E-state index in [2.05, 4.69) is 26.5 Å². The molecule has 0 radical (unpaired) electrons. The fraction of sp³-hybridized carbons (Fsp3) is 0.0526. The van der Waals surface area contributed by atoms with E-state index in [0.717, 1.165) is 15.6 Å². The Morgan fingerprint density at radius 3 is 2.68 bits per heavy atom. The van der Waals surface area contributed by atoms with E-state index in [0.29, 0.717) is 12.4 Å². The van der Waals surface area contributed by atoms with Crippen molar-refractivity contribution in [2.45, 2.75) is 6.61 Å². The van der Waals surface area contributed by atoms with E-state index in [1.807, 2.05) is 48.5 Å². The second kappa shape index (κ2) is 8.30. The van der Waals surface area contributed by atoms with Gasteiger partial charge in [-0.25, -0.2) is 5.43 Å². The number of furan rings is 1. The van der Waals surface area contributed by atoms with Gasteiger partial charge in [-0.3, -0.25) is 4.79 Å². The van der Waals surface area contributed by atoms with E-state index >= 15 is 0 Å². The fourth-order valence-corrected chi connectivity index (χ4v) is 2.35. The first kappa shape index (κ1) is 17.0. The molecule has 0 aliphatic carbocycles. The highest BCUT2D eigenvalue weighted by atomic mass is 79.9. The molecule has 1 aromatic heterocycles. The number of nitrogens with zero attached hydrogens (tertiary/aromatic N) is 1. The molecule has 3 rings (SSSR count). The minimum absolute atomic E-state index is 0.205. The Morgan fingerprint density at radius 2 is 1.92 bits per heavy atom. The standard InChI is InChI=1S/C19H15BrN2O3/c20-16-9-7-14(8-10-16)13-25-17-5-2-1-4-15(17)12-21-22-19(23)18-6-3-11-24-18/h1-12H,13H2,(H,22,23). The van der Waals surface area contributed by atoms with Crippen LogP contribution in [0.2, 0.25) is 0 Å². The highest BCUT2D eigenvalue weighted by Gasteiger charge is 2.06. The van der Waals surface area contributed by atoms with Crippen LogP contribution in [0.25, 0.3) is 0 Å². The summed E-state index contributed by atoms with van der Waals surface area (Å²) >= 11 is 3.41. The van der Waals surface area contributed by atoms with Gasteiger partial charge in [-0.2, -0.15) is 5.10 Å². The zero-order valence-electron chi connectivity index (χ0n) is 13.2.